The molecule has 0 aromatic heterocycles. The molecule has 1 aliphatic rings. The largest absolute Gasteiger partial charge is 0.486 e. The highest BCUT2D eigenvalue weighted by Crippen LogP contribution is 2.39. The molecule has 98 valence electrons. The molecule has 1 heterocycles. The quantitative estimate of drug-likeness (QED) is 0.823. The Labute approximate surface area is 105 Å². The van der Waals surface area contributed by atoms with Crippen molar-refractivity contribution in [2.24, 2.45) is 0 Å². The first kappa shape index (κ1) is 12.7. The van der Waals surface area contributed by atoms with Gasteiger partial charge in [-0.15, -0.1) is 0 Å². The van der Waals surface area contributed by atoms with Gasteiger partial charge in [0.25, 0.3) is 0 Å². The molecule has 18 heavy (non-hydrogen) atoms. The first-order valence-corrected chi connectivity index (χ1v) is 5.89. The van der Waals surface area contributed by atoms with E-state index in [0.717, 1.165) is 5.56 Å². The Hall–Kier alpha value is -1.75. The second kappa shape index (κ2) is 5.27. The molecule has 1 aromatic rings. The number of hydrogen-bond donors (Lipinski definition) is 1. The second-order valence-electron chi connectivity index (χ2n) is 3.97. The van der Waals surface area contributed by atoms with Crippen LogP contribution >= 0.6 is 0 Å². The smallest absolute Gasteiger partial charge is 0.339 e. The normalized spacial score (nSPS) is 15.1. The van der Waals surface area contributed by atoms with Gasteiger partial charge in [-0.3, -0.25) is 0 Å². The minimum absolute atomic E-state index is 0.224. The van der Waals surface area contributed by atoms with Crippen molar-refractivity contribution in [3.05, 3.63) is 23.3 Å². The van der Waals surface area contributed by atoms with Crippen molar-refractivity contribution in [2.75, 3.05) is 19.8 Å². The van der Waals surface area contributed by atoms with Gasteiger partial charge in [-0.25, -0.2) is 4.79 Å². The summed E-state index contributed by atoms with van der Waals surface area (Å²) in [4.78, 5) is 11.6. The third-order valence-electron chi connectivity index (χ3n) is 2.75. The first-order valence-electron chi connectivity index (χ1n) is 5.89. The van der Waals surface area contributed by atoms with Crippen molar-refractivity contribution < 1.29 is 24.1 Å². The van der Waals surface area contributed by atoms with Crippen LogP contribution in [0.2, 0.25) is 0 Å². The van der Waals surface area contributed by atoms with E-state index in [1.54, 1.807) is 26.0 Å². The SMILES string of the molecule is CCOC(=O)C(O)c1c(C)ccc2c1OCCO2. The molecule has 0 fully saturated rings. The highest BCUT2D eigenvalue weighted by atomic mass is 16.6. The number of aliphatic hydroxyl groups excluding tert-OH is 1. The summed E-state index contributed by atoms with van der Waals surface area (Å²) in [5, 5.41) is 10.0. The Kier molecular flexibility index (Phi) is 3.72. The van der Waals surface area contributed by atoms with Gasteiger partial charge in [0.15, 0.2) is 17.6 Å². The molecule has 5 heteroatoms. The lowest BCUT2D eigenvalue weighted by Gasteiger charge is -2.24. The molecule has 1 atom stereocenters. The molecule has 1 aromatic carbocycles. The summed E-state index contributed by atoms with van der Waals surface area (Å²) in [5.74, 6) is 0.301. The van der Waals surface area contributed by atoms with Crippen molar-refractivity contribution >= 4 is 5.97 Å². The van der Waals surface area contributed by atoms with E-state index in [1.165, 1.54) is 0 Å². The van der Waals surface area contributed by atoms with Crippen LogP contribution in [0.1, 0.15) is 24.2 Å². The van der Waals surface area contributed by atoms with Gasteiger partial charge in [-0.2, -0.15) is 0 Å². The van der Waals surface area contributed by atoms with Crippen LogP contribution in [0.4, 0.5) is 0 Å². The average Bonchev–Trinajstić information content (AvgIpc) is 2.38. The Morgan fingerprint density at radius 2 is 2.17 bits per heavy atom. The molecule has 0 bridgehead atoms. The third-order valence-corrected chi connectivity index (χ3v) is 2.75. The second-order valence-corrected chi connectivity index (χ2v) is 3.97. The van der Waals surface area contributed by atoms with Gasteiger partial charge in [-0.05, 0) is 25.5 Å². The number of esters is 1. The predicted molar refractivity (Wildman–Crippen MR) is 63.8 cm³/mol. The number of rotatable bonds is 3. The molecule has 0 saturated heterocycles. The highest BCUT2D eigenvalue weighted by molar-refractivity contribution is 5.78. The number of carbonyl (C=O) groups excluding carboxylic acids is 1. The number of aryl methyl sites for hydroxylation is 1. The van der Waals surface area contributed by atoms with E-state index in [4.69, 9.17) is 14.2 Å². The number of ether oxygens (including phenoxy) is 3. The fourth-order valence-corrected chi connectivity index (χ4v) is 1.91. The fraction of sp³-hybridized carbons (Fsp3) is 0.462. The molecule has 0 aliphatic carbocycles. The summed E-state index contributed by atoms with van der Waals surface area (Å²) in [7, 11) is 0. The van der Waals surface area contributed by atoms with Crippen LogP contribution in [0.25, 0.3) is 0 Å². The maximum absolute atomic E-state index is 11.6. The minimum atomic E-state index is -1.35. The summed E-state index contributed by atoms with van der Waals surface area (Å²) >= 11 is 0. The van der Waals surface area contributed by atoms with Gasteiger partial charge in [0.05, 0.1) is 6.61 Å². The number of fused-ring (bicyclic) bond motifs is 1. The zero-order chi connectivity index (χ0) is 13.1. The summed E-state index contributed by atoms with van der Waals surface area (Å²) in [6.07, 6.45) is -1.35. The molecule has 0 amide bonds. The highest BCUT2D eigenvalue weighted by Gasteiger charge is 2.28. The molecular formula is C13H16O5. The van der Waals surface area contributed by atoms with Gasteiger partial charge in [0.1, 0.15) is 13.2 Å². The molecule has 0 spiro atoms. The Morgan fingerprint density at radius 1 is 1.44 bits per heavy atom. The lowest BCUT2D eigenvalue weighted by molar-refractivity contribution is -0.153. The third kappa shape index (κ3) is 2.26. The van der Waals surface area contributed by atoms with Crippen molar-refractivity contribution in [1.82, 2.24) is 0 Å². The van der Waals surface area contributed by atoms with Crippen LogP contribution in [-0.4, -0.2) is 30.9 Å². The van der Waals surface area contributed by atoms with Crippen LogP contribution in [0.15, 0.2) is 12.1 Å². The first-order chi connectivity index (χ1) is 8.65. The lowest BCUT2D eigenvalue weighted by Crippen LogP contribution is -2.21. The molecule has 2 rings (SSSR count). The van der Waals surface area contributed by atoms with Crippen LogP contribution < -0.4 is 9.47 Å². The van der Waals surface area contributed by atoms with Gasteiger partial charge < -0.3 is 19.3 Å². The molecule has 5 nitrogen and oxygen atoms in total. The molecule has 1 unspecified atom stereocenters. The maximum Gasteiger partial charge on any atom is 0.339 e. The van der Waals surface area contributed by atoms with Crippen LogP contribution in [0.3, 0.4) is 0 Å². The van der Waals surface area contributed by atoms with E-state index in [9.17, 15) is 9.90 Å². The van der Waals surface area contributed by atoms with Crippen LogP contribution in [-0.2, 0) is 9.53 Å². The summed E-state index contributed by atoms with van der Waals surface area (Å²) in [5.41, 5.74) is 1.19. The lowest BCUT2D eigenvalue weighted by atomic mass is 10.0. The van der Waals surface area contributed by atoms with E-state index in [1.807, 2.05) is 0 Å². The number of hydrogen-bond acceptors (Lipinski definition) is 5. The summed E-state index contributed by atoms with van der Waals surface area (Å²) in [6, 6.07) is 3.55. The van der Waals surface area contributed by atoms with Crippen LogP contribution in [0, 0.1) is 6.92 Å². The van der Waals surface area contributed by atoms with Gasteiger partial charge in [0.2, 0.25) is 0 Å². The summed E-state index contributed by atoms with van der Waals surface area (Å²) < 4.78 is 15.7. The van der Waals surface area contributed by atoms with Crippen molar-refractivity contribution in [1.29, 1.82) is 0 Å². The Morgan fingerprint density at radius 3 is 2.89 bits per heavy atom. The van der Waals surface area contributed by atoms with E-state index < -0.39 is 12.1 Å². The molecule has 0 radical (unpaired) electrons. The number of aliphatic hydroxyl groups is 1. The van der Waals surface area contributed by atoms with E-state index >= 15 is 0 Å². The number of carbonyl (C=O) groups is 1. The Bertz CT molecular complexity index is 455. The molecule has 1 aliphatic heterocycles. The standard InChI is InChI=1S/C13H16O5/c1-3-16-13(15)11(14)10-8(2)4-5-9-12(10)18-7-6-17-9/h4-5,11,14H,3,6-7H2,1-2H3. The van der Waals surface area contributed by atoms with Gasteiger partial charge in [0, 0.05) is 5.56 Å². The fourth-order valence-electron chi connectivity index (χ4n) is 1.91. The average molecular weight is 252 g/mol. The zero-order valence-electron chi connectivity index (χ0n) is 10.4. The van der Waals surface area contributed by atoms with Gasteiger partial charge >= 0.3 is 5.97 Å². The molecule has 1 N–H and O–H groups in total. The Balaban J connectivity index is 2.39. The number of benzene rings is 1. The van der Waals surface area contributed by atoms with Crippen molar-refractivity contribution in [3.8, 4) is 11.5 Å². The predicted octanol–water partition coefficient (Wildman–Crippen LogP) is 1.36. The van der Waals surface area contributed by atoms with Crippen molar-refractivity contribution in [3.63, 3.8) is 0 Å². The monoisotopic (exact) mass is 252 g/mol. The minimum Gasteiger partial charge on any atom is -0.486 e. The topological polar surface area (TPSA) is 65.0 Å². The maximum atomic E-state index is 11.6. The molecule has 0 saturated carbocycles. The van der Waals surface area contributed by atoms with Crippen LogP contribution in [0.5, 0.6) is 11.5 Å². The zero-order valence-corrected chi connectivity index (χ0v) is 10.4. The van der Waals surface area contributed by atoms with E-state index in [0.29, 0.717) is 30.3 Å². The van der Waals surface area contributed by atoms with E-state index in [2.05, 4.69) is 0 Å². The van der Waals surface area contributed by atoms with Gasteiger partial charge in [-0.1, -0.05) is 6.07 Å². The van der Waals surface area contributed by atoms with E-state index in [-0.39, 0.29) is 6.61 Å². The van der Waals surface area contributed by atoms with Crippen molar-refractivity contribution in [2.45, 2.75) is 20.0 Å². The molecular weight excluding hydrogens is 236 g/mol. The summed E-state index contributed by atoms with van der Waals surface area (Å²) in [6.45, 7) is 4.58.